The minimum atomic E-state index is -0.631. The summed E-state index contributed by atoms with van der Waals surface area (Å²) in [7, 11) is 5.71. The van der Waals surface area contributed by atoms with E-state index in [-0.39, 0.29) is 17.1 Å². The third-order valence-corrected chi connectivity index (χ3v) is 4.15. The molecule has 0 N–H and O–H groups in total. The van der Waals surface area contributed by atoms with Gasteiger partial charge in [-0.3, -0.25) is 4.79 Å². The Labute approximate surface area is 157 Å². The van der Waals surface area contributed by atoms with Crippen LogP contribution in [0.2, 0.25) is 0 Å². The molecule has 0 aromatic heterocycles. The van der Waals surface area contributed by atoms with Gasteiger partial charge in [0.25, 0.3) is 0 Å². The summed E-state index contributed by atoms with van der Waals surface area (Å²) in [6, 6.07) is 4.79. The largest absolute Gasteiger partial charge is 0.497 e. The van der Waals surface area contributed by atoms with E-state index >= 15 is 0 Å². The molecule has 0 saturated carbocycles. The van der Waals surface area contributed by atoms with Gasteiger partial charge in [-0.2, -0.15) is 0 Å². The molecular weight excluding hydrogens is 352 g/mol. The van der Waals surface area contributed by atoms with Crippen LogP contribution in [0.4, 0.5) is 0 Å². The number of rotatable bonds is 7. The fraction of sp³-hybridized carbons (Fsp3) is 0.300. The molecule has 0 radical (unpaired) electrons. The van der Waals surface area contributed by atoms with E-state index in [4.69, 9.17) is 23.7 Å². The fourth-order valence-electron chi connectivity index (χ4n) is 2.73. The van der Waals surface area contributed by atoms with Gasteiger partial charge in [0.15, 0.2) is 17.8 Å². The zero-order valence-corrected chi connectivity index (χ0v) is 16.2. The van der Waals surface area contributed by atoms with E-state index in [2.05, 4.69) is 0 Å². The summed E-state index contributed by atoms with van der Waals surface area (Å²) in [5.74, 6) is 0.975. The molecule has 0 aliphatic carbocycles. The second-order valence-corrected chi connectivity index (χ2v) is 5.68. The van der Waals surface area contributed by atoms with E-state index in [0.29, 0.717) is 40.2 Å². The first-order valence-corrected chi connectivity index (χ1v) is 8.07. The molecule has 0 aliphatic heterocycles. The Kier molecular flexibility index (Phi) is 6.28. The third kappa shape index (κ3) is 3.81. The predicted octanol–water partition coefficient (Wildman–Crippen LogP) is 3.72. The summed E-state index contributed by atoms with van der Waals surface area (Å²) in [5.41, 5.74) is 1.74. The summed E-state index contributed by atoms with van der Waals surface area (Å²) in [6.07, 6.45) is 0.685. The molecule has 2 rings (SSSR count). The van der Waals surface area contributed by atoms with Gasteiger partial charge >= 0.3 is 5.97 Å². The Bertz CT molecular complexity index is 871. The highest BCUT2D eigenvalue weighted by Gasteiger charge is 2.25. The molecule has 7 nitrogen and oxygen atoms in total. The second kappa shape index (κ2) is 8.44. The molecule has 2 aromatic carbocycles. The van der Waals surface area contributed by atoms with Crippen LogP contribution in [0.25, 0.3) is 0 Å². The molecule has 0 amide bonds. The Morgan fingerprint density at radius 1 is 0.889 bits per heavy atom. The van der Waals surface area contributed by atoms with Crippen molar-refractivity contribution in [3.8, 4) is 28.7 Å². The molecule has 0 bridgehead atoms. The average molecular weight is 374 g/mol. The van der Waals surface area contributed by atoms with Crippen LogP contribution in [0.15, 0.2) is 18.2 Å². The summed E-state index contributed by atoms with van der Waals surface area (Å²) >= 11 is 0. The zero-order valence-electron chi connectivity index (χ0n) is 16.2. The van der Waals surface area contributed by atoms with E-state index in [9.17, 15) is 9.59 Å². The normalized spacial score (nSPS) is 10.1. The first kappa shape index (κ1) is 20.1. The minimum absolute atomic E-state index is 0.106. The molecule has 0 atom stereocenters. The first-order valence-electron chi connectivity index (χ1n) is 8.07. The van der Waals surface area contributed by atoms with Crippen molar-refractivity contribution in [2.24, 2.45) is 0 Å². The molecule has 0 heterocycles. The van der Waals surface area contributed by atoms with Crippen LogP contribution in [0.5, 0.6) is 28.7 Å². The van der Waals surface area contributed by atoms with Gasteiger partial charge in [-0.25, -0.2) is 4.79 Å². The molecular formula is C20H22O7. The van der Waals surface area contributed by atoms with Gasteiger partial charge in [-0.15, -0.1) is 0 Å². The van der Waals surface area contributed by atoms with Gasteiger partial charge in [0, 0.05) is 11.6 Å². The van der Waals surface area contributed by atoms with Gasteiger partial charge in [0.1, 0.15) is 22.8 Å². The van der Waals surface area contributed by atoms with Crippen LogP contribution in [0, 0.1) is 13.8 Å². The standard InChI is InChI=1S/C20H22O7/c1-11-7-13(23-3)8-17(15(11)10-21)27-19-14(20(22)26-6)9-16(24-4)12(2)18(19)25-5/h7-10H,1-6H3. The number of carbonyl (C=O) groups excluding carboxylic acids is 2. The number of aryl methyl sites for hydroxylation is 1. The van der Waals surface area contributed by atoms with Crippen LogP contribution >= 0.6 is 0 Å². The number of esters is 1. The Morgan fingerprint density at radius 2 is 1.59 bits per heavy atom. The highest BCUT2D eigenvalue weighted by atomic mass is 16.5. The van der Waals surface area contributed by atoms with Crippen molar-refractivity contribution in [1.82, 2.24) is 0 Å². The van der Waals surface area contributed by atoms with Crippen molar-refractivity contribution in [2.75, 3.05) is 28.4 Å². The molecule has 0 saturated heterocycles. The van der Waals surface area contributed by atoms with E-state index in [0.717, 1.165) is 0 Å². The van der Waals surface area contributed by atoms with Crippen molar-refractivity contribution in [3.63, 3.8) is 0 Å². The number of ether oxygens (including phenoxy) is 5. The number of benzene rings is 2. The summed E-state index contributed by atoms with van der Waals surface area (Å²) < 4.78 is 26.9. The van der Waals surface area contributed by atoms with Gasteiger partial charge < -0.3 is 23.7 Å². The maximum atomic E-state index is 12.3. The van der Waals surface area contributed by atoms with E-state index in [1.54, 1.807) is 26.0 Å². The summed E-state index contributed by atoms with van der Waals surface area (Å²) in [5, 5.41) is 0. The van der Waals surface area contributed by atoms with Crippen LogP contribution in [-0.2, 0) is 4.74 Å². The minimum Gasteiger partial charge on any atom is -0.497 e. The lowest BCUT2D eigenvalue weighted by Crippen LogP contribution is -2.08. The van der Waals surface area contributed by atoms with E-state index < -0.39 is 5.97 Å². The van der Waals surface area contributed by atoms with Crippen LogP contribution in [-0.4, -0.2) is 40.7 Å². The van der Waals surface area contributed by atoms with Crippen LogP contribution in [0.1, 0.15) is 31.8 Å². The van der Waals surface area contributed by atoms with E-state index in [1.807, 2.05) is 0 Å². The Morgan fingerprint density at radius 3 is 2.11 bits per heavy atom. The van der Waals surface area contributed by atoms with Crippen molar-refractivity contribution in [1.29, 1.82) is 0 Å². The third-order valence-electron chi connectivity index (χ3n) is 4.15. The molecule has 0 spiro atoms. The summed E-state index contributed by atoms with van der Waals surface area (Å²) in [6.45, 7) is 3.53. The molecule has 144 valence electrons. The molecule has 7 heteroatoms. The van der Waals surface area contributed by atoms with Gasteiger partial charge in [-0.1, -0.05) is 0 Å². The van der Waals surface area contributed by atoms with Gasteiger partial charge in [0.2, 0.25) is 0 Å². The van der Waals surface area contributed by atoms with E-state index in [1.165, 1.54) is 34.5 Å². The topological polar surface area (TPSA) is 80.3 Å². The number of carbonyl (C=O) groups is 2. The zero-order chi connectivity index (χ0) is 20.1. The van der Waals surface area contributed by atoms with Gasteiger partial charge in [-0.05, 0) is 31.5 Å². The SMILES string of the molecule is COC(=O)c1cc(OC)c(C)c(OC)c1Oc1cc(OC)cc(C)c1C=O. The number of hydrogen-bond donors (Lipinski definition) is 0. The molecule has 2 aromatic rings. The lowest BCUT2D eigenvalue weighted by Gasteiger charge is -2.19. The Balaban J connectivity index is 2.75. The van der Waals surface area contributed by atoms with Crippen molar-refractivity contribution < 1.29 is 33.3 Å². The maximum absolute atomic E-state index is 12.3. The summed E-state index contributed by atoms with van der Waals surface area (Å²) in [4.78, 5) is 23.9. The highest BCUT2D eigenvalue weighted by molar-refractivity contribution is 5.95. The van der Waals surface area contributed by atoms with Crippen LogP contribution < -0.4 is 18.9 Å². The number of hydrogen-bond acceptors (Lipinski definition) is 7. The fourth-order valence-corrected chi connectivity index (χ4v) is 2.73. The highest BCUT2D eigenvalue weighted by Crippen LogP contribution is 2.44. The average Bonchev–Trinajstić information content (AvgIpc) is 2.67. The lowest BCUT2D eigenvalue weighted by molar-refractivity contribution is 0.0596. The quantitative estimate of drug-likeness (QED) is 0.540. The van der Waals surface area contributed by atoms with Crippen molar-refractivity contribution in [2.45, 2.75) is 13.8 Å². The molecule has 0 aliphatic rings. The first-order chi connectivity index (χ1) is 12.9. The predicted molar refractivity (Wildman–Crippen MR) is 98.8 cm³/mol. The molecule has 0 fully saturated rings. The van der Waals surface area contributed by atoms with Crippen molar-refractivity contribution in [3.05, 3.63) is 40.5 Å². The number of aldehydes is 1. The monoisotopic (exact) mass is 374 g/mol. The van der Waals surface area contributed by atoms with Crippen molar-refractivity contribution >= 4 is 12.3 Å². The second-order valence-electron chi connectivity index (χ2n) is 5.68. The maximum Gasteiger partial charge on any atom is 0.341 e. The Hall–Kier alpha value is -3.22. The van der Waals surface area contributed by atoms with Gasteiger partial charge in [0.05, 0.1) is 34.0 Å². The number of methoxy groups -OCH3 is 4. The molecule has 27 heavy (non-hydrogen) atoms. The smallest absolute Gasteiger partial charge is 0.341 e. The van der Waals surface area contributed by atoms with Crippen LogP contribution in [0.3, 0.4) is 0 Å². The lowest BCUT2D eigenvalue weighted by atomic mass is 10.1. The molecule has 0 unspecified atom stereocenters.